The highest BCUT2D eigenvalue weighted by atomic mass is 15.1. The van der Waals surface area contributed by atoms with Gasteiger partial charge in [0.05, 0.1) is 23.8 Å². The molecule has 0 saturated heterocycles. The van der Waals surface area contributed by atoms with E-state index in [9.17, 15) is 0 Å². The Morgan fingerprint density at radius 2 is 1.33 bits per heavy atom. The molecular weight excluding hydrogens is 150 g/mol. The maximum absolute atomic E-state index is 4.14. The van der Waals surface area contributed by atoms with Crippen molar-refractivity contribution < 1.29 is 0 Å². The zero-order valence-corrected chi connectivity index (χ0v) is 8.07. The van der Waals surface area contributed by atoms with Gasteiger partial charge in [-0.3, -0.25) is 4.98 Å². The second-order valence-corrected chi connectivity index (χ2v) is 3.19. The Morgan fingerprint density at radius 1 is 0.917 bits per heavy atom. The van der Waals surface area contributed by atoms with Crippen LogP contribution in [0.4, 0.5) is 11.4 Å². The van der Waals surface area contributed by atoms with Gasteiger partial charge in [-0.25, -0.2) is 0 Å². The maximum atomic E-state index is 4.14. The van der Waals surface area contributed by atoms with Crippen molar-refractivity contribution in [2.75, 3.05) is 38.0 Å². The van der Waals surface area contributed by atoms with E-state index in [0.717, 1.165) is 11.4 Å². The summed E-state index contributed by atoms with van der Waals surface area (Å²) in [5, 5.41) is 0. The Balaban J connectivity index is 2.96. The number of nitrogens with zero attached hydrogens (tertiary/aromatic N) is 3. The molecule has 0 fully saturated rings. The SMILES string of the molecule is CN(C)c1cncc(N(C)C)c1. The molecule has 0 aromatic carbocycles. The largest absolute Gasteiger partial charge is 0.376 e. The smallest absolute Gasteiger partial charge is 0.0568 e. The van der Waals surface area contributed by atoms with Gasteiger partial charge in [0.1, 0.15) is 0 Å². The van der Waals surface area contributed by atoms with Crippen molar-refractivity contribution in [1.82, 2.24) is 4.98 Å². The molecule has 1 aromatic rings. The van der Waals surface area contributed by atoms with Gasteiger partial charge in [0, 0.05) is 28.2 Å². The highest BCUT2D eigenvalue weighted by molar-refractivity contribution is 5.55. The van der Waals surface area contributed by atoms with Crippen LogP contribution in [0.3, 0.4) is 0 Å². The molecule has 0 amide bonds. The van der Waals surface area contributed by atoms with Crippen LogP contribution in [0.1, 0.15) is 0 Å². The minimum absolute atomic E-state index is 1.13. The molecule has 3 heteroatoms. The Bertz CT molecular complexity index is 232. The zero-order valence-electron chi connectivity index (χ0n) is 8.07. The fourth-order valence-corrected chi connectivity index (χ4v) is 0.905. The van der Waals surface area contributed by atoms with Gasteiger partial charge in [0.25, 0.3) is 0 Å². The van der Waals surface area contributed by atoms with E-state index in [2.05, 4.69) is 11.1 Å². The molecule has 0 aliphatic carbocycles. The van der Waals surface area contributed by atoms with Gasteiger partial charge < -0.3 is 9.80 Å². The quantitative estimate of drug-likeness (QED) is 0.656. The van der Waals surface area contributed by atoms with Gasteiger partial charge in [-0.2, -0.15) is 0 Å². The lowest BCUT2D eigenvalue weighted by Gasteiger charge is -2.16. The monoisotopic (exact) mass is 165 g/mol. The predicted molar refractivity (Wildman–Crippen MR) is 52.9 cm³/mol. The highest BCUT2D eigenvalue weighted by Crippen LogP contribution is 2.16. The molecule has 12 heavy (non-hydrogen) atoms. The van der Waals surface area contributed by atoms with Crippen molar-refractivity contribution in [2.45, 2.75) is 0 Å². The van der Waals surface area contributed by atoms with Crippen LogP contribution in [0.5, 0.6) is 0 Å². The fourth-order valence-electron chi connectivity index (χ4n) is 0.905. The molecule has 0 saturated carbocycles. The van der Waals surface area contributed by atoms with E-state index >= 15 is 0 Å². The van der Waals surface area contributed by atoms with Crippen molar-refractivity contribution in [3.63, 3.8) is 0 Å². The van der Waals surface area contributed by atoms with E-state index in [1.807, 2.05) is 50.4 Å². The summed E-state index contributed by atoms with van der Waals surface area (Å²) in [5.74, 6) is 0. The van der Waals surface area contributed by atoms with E-state index in [1.54, 1.807) is 0 Å². The molecule has 0 unspecified atom stereocenters. The van der Waals surface area contributed by atoms with Gasteiger partial charge in [-0.15, -0.1) is 0 Å². The molecule has 0 bridgehead atoms. The van der Waals surface area contributed by atoms with Gasteiger partial charge in [-0.05, 0) is 6.07 Å². The zero-order chi connectivity index (χ0) is 9.14. The Kier molecular flexibility index (Phi) is 2.53. The normalized spacial score (nSPS) is 9.67. The molecule has 3 nitrogen and oxygen atoms in total. The molecule has 0 radical (unpaired) electrons. The maximum Gasteiger partial charge on any atom is 0.0568 e. The summed E-state index contributed by atoms with van der Waals surface area (Å²) in [4.78, 5) is 8.23. The molecule has 0 spiro atoms. The summed E-state index contributed by atoms with van der Waals surface area (Å²) in [7, 11) is 8.04. The standard InChI is InChI=1S/C9H15N3/c1-11(2)8-5-9(12(3)4)7-10-6-8/h5-7H,1-4H3. The average Bonchev–Trinajstić information content (AvgIpc) is 2.04. The third kappa shape index (κ3) is 1.87. The summed E-state index contributed by atoms with van der Waals surface area (Å²) in [6.45, 7) is 0. The lowest BCUT2D eigenvalue weighted by Crippen LogP contribution is -2.12. The molecule has 1 rings (SSSR count). The first-order chi connectivity index (χ1) is 5.61. The van der Waals surface area contributed by atoms with Crippen molar-refractivity contribution in [3.05, 3.63) is 18.5 Å². The van der Waals surface area contributed by atoms with E-state index in [4.69, 9.17) is 0 Å². The first kappa shape index (κ1) is 8.84. The number of rotatable bonds is 2. The van der Waals surface area contributed by atoms with E-state index in [-0.39, 0.29) is 0 Å². The third-order valence-corrected chi connectivity index (χ3v) is 1.74. The molecule has 1 heterocycles. The van der Waals surface area contributed by atoms with Gasteiger partial charge in [0.2, 0.25) is 0 Å². The van der Waals surface area contributed by atoms with Crippen LogP contribution in [-0.2, 0) is 0 Å². The minimum atomic E-state index is 1.13. The highest BCUT2D eigenvalue weighted by Gasteiger charge is 1.98. The Morgan fingerprint density at radius 3 is 1.67 bits per heavy atom. The van der Waals surface area contributed by atoms with Gasteiger partial charge in [0.15, 0.2) is 0 Å². The average molecular weight is 165 g/mol. The lowest BCUT2D eigenvalue weighted by molar-refractivity contribution is 1.07. The van der Waals surface area contributed by atoms with Gasteiger partial charge >= 0.3 is 0 Å². The van der Waals surface area contributed by atoms with Crippen molar-refractivity contribution in [1.29, 1.82) is 0 Å². The number of aromatic nitrogens is 1. The molecule has 0 atom stereocenters. The summed E-state index contributed by atoms with van der Waals surface area (Å²) >= 11 is 0. The van der Waals surface area contributed by atoms with Crippen LogP contribution in [0, 0.1) is 0 Å². The number of pyridine rings is 1. The van der Waals surface area contributed by atoms with E-state index in [0.29, 0.717) is 0 Å². The predicted octanol–water partition coefficient (Wildman–Crippen LogP) is 1.21. The van der Waals surface area contributed by atoms with E-state index in [1.165, 1.54) is 0 Å². The number of anilines is 2. The first-order valence-electron chi connectivity index (χ1n) is 3.91. The number of hydrogen-bond acceptors (Lipinski definition) is 3. The minimum Gasteiger partial charge on any atom is -0.376 e. The molecular formula is C9H15N3. The lowest BCUT2D eigenvalue weighted by atomic mass is 10.3. The van der Waals surface area contributed by atoms with Crippen molar-refractivity contribution in [3.8, 4) is 0 Å². The Hall–Kier alpha value is -1.25. The third-order valence-electron chi connectivity index (χ3n) is 1.74. The summed E-state index contributed by atoms with van der Waals surface area (Å²) in [6.07, 6.45) is 3.71. The van der Waals surface area contributed by atoms with Gasteiger partial charge in [-0.1, -0.05) is 0 Å². The van der Waals surface area contributed by atoms with E-state index < -0.39 is 0 Å². The number of hydrogen-bond donors (Lipinski definition) is 0. The van der Waals surface area contributed by atoms with Crippen LogP contribution in [0.2, 0.25) is 0 Å². The van der Waals surface area contributed by atoms with Crippen molar-refractivity contribution >= 4 is 11.4 Å². The molecule has 66 valence electrons. The molecule has 0 aliphatic rings. The fraction of sp³-hybridized carbons (Fsp3) is 0.444. The Labute approximate surface area is 73.6 Å². The van der Waals surface area contributed by atoms with Crippen LogP contribution < -0.4 is 9.80 Å². The molecule has 0 aliphatic heterocycles. The summed E-state index contributed by atoms with van der Waals surface area (Å²) in [6, 6.07) is 2.10. The van der Waals surface area contributed by atoms with Crippen molar-refractivity contribution in [2.24, 2.45) is 0 Å². The second-order valence-electron chi connectivity index (χ2n) is 3.19. The van der Waals surface area contributed by atoms with Crippen LogP contribution >= 0.6 is 0 Å². The van der Waals surface area contributed by atoms with Crippen LogP contribution in [0.25, 0.3) is 0 Å². The summed E-state index contributed by atoms with van der Waals surface area (Å²) in [5.41, 5.74) is 2.25. The first-order valence-corrected chi connectivity index (χ1v) is 3.91. The molecule has 1 aromatic heterocycles. The molecule has 0 N–H and O–H groups in total. The van der Waals surface area contributed by atoms with Crippen LogP contribution in [-0.4, -0.2) is 33.2 Å². The topological polar surface area (TPSA) is 19.4 Å². The summed E-state index contributed by atoms with van der Waals surface area (Å²) < 4.78 is 0. The second kappa shape index (κ2) is 3.43. The van der Waals surface area contributed by atoms with Crippen LogP contribution in [0.15, 0.2) is 18.5 Å².